The van der Waals surface area contributed by atoms with Crippen LogP contribution >= 0.6 is 0 Å². The fourth-order valence-corrected chi connectivity index (χ4v) is 1.54. The molecular weight excluding hydrogens is 294 g/mol. The van der Waals surface area contributed by atoms with Crippen LogP contribution in [0.1, 0.15) is 27.2 Å². The summed E-state index contributed by atoms with van der Waals surface area (Å²) in [5.74, 6) is -0.675. The van der Waals surface area contributed by atoms with E-state index in [1.807, 2.05) is 0 Å². The molecule has 0 saturated carbocycles. The van der Waals surface area contributed by atoms with E-state index in [9.17, 15) is 18.4 Å². The van der Waals surface area contributed by atoms with Gasteiger partial charge in [-0.1, -0.05) is 32.9 Å². The van der Waals surface area contributed by atoms with Gasteiger partial charge in [0.1, 0.15) is 5.75 Å². The second-order valence-corrected chi connectivity index (χ2v) is 5.68. The van der Waals surface area contributed by atoms with E-state index in [0.717, 1.165) is 0 Å². The van der Waals surface area contributed by atoms with E-state index in [1.54, 1.807) is 26.8 Å². The topological polar surface area (TPSA) is 67.4 Å². The molecule has 1 rings (SSSR count). The molecule has 0 fully saturated rings. The Morgan fingerprint density at radius 1 is 1.23 bits per heavy atom. The Morgan fingerprint density at radius 2 is 1.86 bits per heavy atom. The van der Waals surface area contributed by atoms with E-state index in [1.165, 1.54) is 18.2 Å². The molecule has 2 amide bonds. The van der Waals surface area contributed by atoms with Gasteiger partial charge in [0.15, 0.2) is 0 Å². The van der Waals surface area contributed by atoms with Crippen LogP contribution in [-0.4, -0.2) is 25.0 Å². The maximum absolute atomic E-state index is 12.3. The van der Waals surface area contributed by atoms with Gasteiger partial charge in [-0.05, 0) is 12.1 Å². The highest BCUT2D eigenvalue weighted by molar-refractivity contribution is 5.92. The van der Waals surface area contributed by atoms with Crippen molar-refractivity contribution in [3.8, 4) is 5.75 Å². The molecular formula is C15H20F2N2O3. The number of halogens is 2. The molecule has 0 atom stereocenters. The van der Waals surface area contributed by atoms with Crippen molar-refractivity contribution in [2.24, 2.45) is 5.41 Å². The Kier molecular flexibility index (Phi) is 6.27. The van der Waals surface area contributed by atoms with Crippen molar-refractivity contribution in [3.63, 3.8) is 0 Å². The molecule has 2 N–H and O–H groups in total. The molecule has 0 aromatic heterocycles. The van der Waals surface area contributed by atoms with Crippen LogP contribution in [0.5, 0.6) is 5.75 Å². The smallest absolute Gasteiger partial charge is 0.387 e. The van der Waals surface area contributed by atoms with E-state index in [4.69, 9.17) is 0 Å². The Balaban J connectivity index is 2.51. The molecule has 0 unspecified atom stereocenters. The van der Waals surface area contributed by atoms with Gasteiger partial charge in [-0.15, -0.1) is 0 Å². The molecule has 22 heavy (non-hydrogen) atoms. The van der Waals surface area contributed by atoms with Crippen molar-refractivity contribution >= 4 is 17.5 Å². The number of alkyl halides is 2. The molecule has 0 radical (unpaired) electrons. The lowest BCUT2D eigenvalue weighted by molar-refractivity contribution is -0.128. The molecule has 5 nitrogen and oxygen atoms in total. The number of hydrogen-bond donors (Lipinski definition) is 2. The third kappa shape index (κ3) is 6.07. The lowest BCUT2D eigenvalue weighted by Crippen LogP contribution is -2.36. The highest BCUT2D eigenvalue weighted by Gasteiger charge is 2.20. The van der Waals surface area contributed by atoms with E-state index < -0.39 is 17.9 Å². The summed E-state index contributed by atoms with van der Waals surface area (Å²) < 4.78 is 28.8. The summed E-state index contributed by atoms with van der Waals surface area (Å²) in [6, 6.07) is 5.92. The van der Waals surface area contributed by atoms with Gasteiger partial charge in [0.2, 0.25) is 11.8 Å². The highest BCUT2D eigenvalue weighted by atomic mass is 19.3. The van der Waals surface area contributed by atoms with E-state index in [-0.39, 0.29) is 30.3 Å². The Labute approximate surface area is 128 Å². The third-order valence-corrected chi connectivity index (χ3v) is 2.70. The maximum Gasteiger partial charge on any atom is 0.387 e. The fourth-order valence-electron chi connectivity index (χ4n) is 1.54. The number of benzene rings is 1. The van der Waals surface area contributed by atoms with Crippen molar-refractivity contribution in [1.29, 1.82) is 0 Å². The van der Waals surface area contributed by atoms with Crippen LogP contribution in [0.4, 0.5) is 14.5 Å². The van der Waals surface area contributed by atoms with Crippen molar-refractivity contribution in [2.45, 2.75) is 33.8 Å². The number of ether oxygens (including phenoxy) is 1. The third-order valence-electron chi connectivity index (χ3n) is 2.70. The summed E-state index contributed by atoms with van der Waals surface area (Å²) in [5.41, 5.74) is -0.372. The number of carbonyl (C=O) groups excluding carboxylic acids is 2. The zero-order valence-corrected chi connectivity index (χ0v) is 12.8. The van der Waals surface area contributed by atoms with Gasteiger partial charge in [0, 0.05) is 18.4 Å². The molecule has 0 aliphatic carbocycles. The Morgan fingerprint density at radius 3 is 2.45 bits per heavy atom. The number of nitrogens with one attached hydrogen (secondary N) is 2. The number of carbonyl (C=O) groups is 2. The lowest BCUT2D eigenvalue weighted by Gasteiger charge is -2.17. The molecule has 7 heteroatoms. The number of rotatable bonds is 6. The van der Waals surface area contributed by atoms with Gasteiger partial charge in [-0.25, -0.2) is 0 Å². The number of amides is 2. The van der Waals surface area contributed by atoms with Crippen LogP contribution in [0.25, 0.3) is 0 Å². The molecule has 0 bridgehead atoms. The van der Waals surface area contributed by atoms with E-state index >= 15 is 0 Å². The standard InChI is InChI=1S/C15H20F2N2O3/c1-15(2,3)13(21)18-9-8-12(20)19-10-6-4-5-7-11(10)22-14(16)17/h4-7,14H,8-9H2,1-3H3,(H,18,21)(H,19,20). The second-order valence-electron chi connectivity index (χ2n) is 5.68. The number of para-hydroxylation sites is 2. The first-order valence-electron chi connectivity index (χ1n) is 6.82. The minimum absolute atomic E-state index is 0.0326. The summed E-state index contributed by atoms with van der Waals surface area (Å²) >= 11 is 0. The zero-order valence-electron chi connectivity index (χ0n) is 12.8. The van der Waals surface area contributed by atoms with Crippen molar-refractivity contribution in [2.75, 3.05) is 11.9 Å². The zero-order chi connectivity index (χ0) is 16.8. The first-order chi connectivity index (χ1) is 10.2. The summed E-state index contributed by atoms with van der Waals surface area (Å²) in [7, 11) is 0. The number of hydrogen-bond acceptors (Lipinski definition) is 3. The van der Waals surface area contributed by atoms with Crippen LogP contribution in [0.2, 0.25) is 0 Å². The van der Waals surface area contributed by atoms with Crippen LogP contribution in [0, 0.1) is 5.41 Å². The molecule has 0 aliphatic heterocycles. The van der Waals surface area contributed by atoms with Crippen LogP contribution in [0.3, 0.4) is 0 Å². The molecule has 1 aromatic rings. The van der Waals surface area contributed by atoms with Gasteiger partial charge < -0.3 is 15.4 Å². The van der Waals surface area contributed by atoms with Crippen LogP contribution in [0.15, 0.2) is 24.3 Å². The molecule has 0 heterocycles. The number of anilines is 1. The predicted molar refractivity (Wildman–Crippen MR) is 78.8 cm³/mol. The van der Waals surface area contributed by atoms with Crippen LogP contribution in [-0.2, 0) is 9.59 Å². The maximum atomic E-state index is 12.3. The quantitative estimate of drug-likeness (QED) is 0.848. The fraction of sp³-hybridized carbons (Fsp3) is 0.467. The van der Waals surface area contributed by atoms with Crippen molar-refractivity contribution < 1.29 is 23.1 Å². The first-order valence-corrected chi connectivity index (χ1v) is 6.82. The summed E-state index contributed by atoms with van der Waals surface area (Å²) in [5, 5.41) is 5.11. The lowest BCUT2D eigenvalue weighted by atomic mass is 9.96. The molecule has 0 aliphatic rings. The van der Waals surface area contributed by atoms with Crippen molar-refractivity contribution in [3.05, 3.63) is 24.3 Å². The largest absolute Gasteiger partial charge is 0.433 e. The normalized spacial score (nSPS) is 11.2. The SMILES string of the molecule is CC(C)(C)C(=O)NCCC(=O)Nc1ccccc1OC(F)F. The first kappa shape index (κ1) is 17.9. The van der Waals surface area contributed by atoms with Crippen molar-refractivity contribution in [1.82, 2.24) is 5.32 Å². The average molecular weight is 314 g/mol. The van der Waals surface area contributed by atoms with Gasteiger partial charge in [-0.3, -0.25) is 9.59 Å². The van der Waals surface area contributed by atoms with Gasteiger partial charge in [-0.2, -0.15) is 8.78 Å². The second kappa shape index (κ2) is 7.72. The minimum Gasteiger partial charge on any atom is -0.433 e. The average Bonchev–Trinajstić information content (AvgIpc) is 2.39. The Bertz CT molecular complexity index is 528. The molecule has 0 saturated heterocycles. The summed E-state index contributed by atoms with van der Waals surface area (Å²) in [6.45, 7) is 2.49. The van der Waals surface area contributed by atoms with Crippen LogP contribution < -0.4 is 15.4 Å². The highest BCUT2D eigenvalue weighted by Crippen LogP contribution is 2.25. The molecule has 122 valence electrons. The molecule has 1 aromatic carbocycles. The molecule has 0 spiro atoms. The van der Waals surface area contributed by atoms with E-state index in [2.05, 4.69) is 15.4 Å². The summed E-state index contributed by atoms with van der Waals surface area (Å²) in [4.78, 5) is 23.4. The van der Waals surface area contributed by atoms with Gasteiger partial charge >= 0.3 is 6.61 Å². The predicted octanol–water partition coefficient (Wildman–Crippen LogP) is 2.78. The van der Waals surface area contributed by atoms with Gasteiger partial charge in [0.25, 0.3) is 0 Å². The van der Waals surface area contributed by atoms with E-state index in [0.29, 0.717) is 0 Å². The Hall–Kier alpha value is -2.18. The summed E-state index contributed by atoms with van der Waals surface area (Å²) in [6.07, 6.45) is 0.0326. The monoisotopic (exact) mass is 314 g/mol. The minimum atomic E-state index is -2.97. The van der Waals surface area contributed by atoms with Gasteiger partial charge in [0.05, 0.1) is 5.69 Å².